The van der Waals surface area contributed by atoms with Gasteiger partial charge >= 0.3 is 0 Å². The largest absolute Gasteiger partial charge is 0.330 e. The molecule has 1 heterocycles. The second-order valence-corrected chi connectivity index (χ2v) is 5.65. The van der Waals surface area contributed by atoms with Gasteiger partial charge in [0.2, 0.25) is 0 Å². The maximum Gasteiger partial charge on any atom is 0.256 e. The zero-order chi connectivity index (χ0) is 14.7. The Bertz CT molecular complexity index is 522. The summed E-state index contributed by atoms with van der Waals surface area (Å²) in [6.07, 6.45) is 1.64. The van der Waals surface area contributed by atoms with Crippen molar-refractivity contribution in [2.75, 3.05) is 11.6 Å². The first kappa shape index (κ1) is 14.7. The summed E-state index contributed by atoms with van der Waals surface area (Å²) >= 11 is 0. The summed E-state index contributed by atoms with van der Waals surface area (Å²) in [6.45, 7) is 6.80. The number of hydrogen-bond donors (Lipinski definition) is 1. The maximum absolute atomic E-state index is 12.6. The molecule has 0 radical (unpaired) electrons. The van der Waals surface area contributed by atoms with Crippen molar-refractivity contribution in [1.82, 2.24) is 0 Å². The number of carbonyl (C=O) groups excluding carboxylic acids is 1. The van der Waals surface area contributed by atoms with Crippen molar-refractivity contribution in [3.63, 3.8) is 0 Å². The lowest BCUT2D eigenvalue weighted by atomic mass is 9.90. The van der Waals surface area contributed by atoms with Gasteiger partial charge in [-0.2, -0.15) is 5.10 Å². The highest BCUT2D eigenvalue weighted by Gasteiger charge is 2.37. The van der Waals surface area contributed by atoms with Crippen LogP contribution in [0.1, 0.15) is 32.3 Å². The Morgan fingerprint density at radius 2 is 2.15 bits per heavy atom. The maximum atomic E-state index is 12.6. The minimum atomic E-state index is -0.112. The average molecular weight is 273 g/mol. The third kappa shape index (κ3) is 2.90. The van der Waals surface area contributed by atoms with Gasteiger partial charge in [0.15, 0.2) is 0 Å². The first-order chi connectivity index (χ1) is 9.54. The predicted molar refractivity (Wildman–Crippen MR) is 82.7 cm³/mol. The molecule has 1 unspecified atom stereocenters. The van der Waals surface area contributed by atoms with E-state index in [4.69, 9.17) is 5.73 Å². The SMILES string of the molecule is Cc1cccc(N2N=C(C(C)C)C(CCCN)C2=O)c1. The summed E-state index contributed by atoms with van der Waals surface area (Å²) in [5.74, 6) is 0.239. The number of rotatable bonds is 5. The number of hydrogen-bond acceptors (Lipinski definition) is 3. The van der Waals surface area contributed by atoms with Gasteiger partial charge in [0.05, 0.1) is 17.3 Å². The Labute approximate surface area is 120 Å². The fourth-order valence-corrected chi connectivity index (χ4v) is 2.56. The van der Waals surface area contributed by atoms with Gasteiger partial charge in [-0.15, -0.1) is 0 Å². The smallest absolute Gasteiger partial charge is 0.256 e. The van der Waals surface area contributed by atoms with E-state index in [-0.39, 0.29) is 17.7 Å². The van der Waals surface area contributed by atoms with Crippen LogP contribution in [0, 0.1) is 18.8 Å². The number of nitrogens with two attached hydrogens (primary N) is 1. The van der Waals surface area contributed by atoms with E-state index < -0.39 is 0 Å². The van der Waals surface area contributed by atoms with Crippen molar-refractivity contribution in [3.05, 3.63) is 29.8 Å². The van der Waals surface area contributed by atoms with E-state index in [1.54, 1.807) is 5.01 Å². The van der Waals surface area contributed by atoms with Crippen LogP contribution < -0.4 is 10.7 Å². The second kappa shape index (κ2) is 6.18. The summed E-state index contributed by atoms with van der Waals surface area (Å²) in [5.41, 5.74) is 8.53. The number of carbonyl (C=O) groups is 1. The molecule has 1 atom stereocenters. The first-order valence-corrected chi connectivity index (χ1v) is 7.23. The molecule has 1 amide bonds. The molecule has 1 aromatic rings. The molecule has 0 saturated heterocycles. The first-order valence-electron chi connectivity index (χ1n) is 7.23. The van der Waals surface area contributed by atoms with Crippen LogP contribution in [0.3, 0.4) is 0 Å². The molecular weight excluding hydrogens is 250 g/mol. The molecule has 4 nitrogen and oxygen atoms in total. The van der Waals surface area contributed by atoms with E-state index in [1.807, 2.05) is 31.2 Å². The van der Waals surface area contributed by atoms with Gasteiger partial charge < -0.3 is 5.73 Å². The van der Waals surface area contributed by atoms with Crippen LogP contribution in [0.5, 0.6) is 0 Å². The van der Waals surface area contributed by atoms with E-state index in [0.717, 1.165) is 29.8 Å². The van der Waals surface area contributed by atoms with Gasteiger partial charge in [-0.1, -0.05) is 26.0 Å². The van der Waals surface area contributed by atoms with Gasteiger partial charge in [-0.25, -0.2) is 5.01 Å². The van der Waals surface area contributed by atoms with Crippen LogP contribution in [0.15, 0.2) is 29.4 Å². The third-order valence-corrected chi connectivity index (χ3v) is 3.61. The van der Waals surface area contributed by atoms with Crippen LogP contribution in [0.2, 0.25) is 0 Å². The van der Waals surface area contributed by atoms with E-state index >= 15 is 0 Å². The topological polar surface area (TPSA) is 58.7 Å². The molecular formula is C16H23N3O. The fourth-order valence-electron chi connectivity index (χ4n) is 2.56. The molecule has 0 aliphatic carbocycles. The molecule has 20 heavy (non-hydrogen) atoms. The number of nitrogens with zero attached hydrogens (tertiary/aromatic N) is 2. The van der Waals surface area contributed by atoms with E-state index in [1.165, 1.54) is 0 Å². The number of aryl methyl sites for hydroxylation is 1. The van der Waals surface area contributed by atoms with E-state index in [2.05, 4.69) is 18.9 Å². The number of hydrazone groups is 1. The van der Waals surface area contributed by atoms with Crippen LogP contribution in [0.25, 0.3) is 0 Å². The summed E-state index contributed by atoms with van der Waals surface area (Å²) in [7, 11) is 0. The Morgan fingerprint density at radius 3 is 2.75 bits per heavy atom. The quantitative estimate of drug-likeness (QED) is 0.896. The highest BCUT2D eigenvalue weighted by Crippen LogP contribution is 2.29. The molecule has 2 rings (SSSR count). The van der Waals surface area contributed by atoms with Crippen molar-refractivity contribution < 1.29 is 4.79 Å². The normalized spacial score (nSPS) is 18.9. The predicted octanol–water partition coefficient (Wildman–Crippen LogP) is 2.71. The third-order valence-electron chi connectivity index (χ3n) is 3.61. The minimum absolute atomic E-state index is 0.0766. The summed E-state index contributed by atoms with van der Waals surface area (Å²) in [5, 5.41) is 6.13. The summed E-state index contributed by atoms with van der Waals surface area (Å²) < 4.78 is 0. The average Bonchev–Trinajstić information content (AvgIpc) is 2.74. The molecule has 0 fully saturated rings. The molecule has 4 heteroatoms. The summed E-state index contributed by atoms with van der Waals surface area (Å²) in [6, 6.07) is 7.89. The molecule has 1 aromatic carbocycles. The van der Waals surface area contributed by atoms with Crippen molar-refractivity contribution >= 4 is 17.3 Å². The number of anilines is 1. The van der Waals surface area contributed by atoms with Crippen molar-refractivity contribution in [2.45, 2.75) is 33.6 Å². The van der Waals surface area contributed by atoms with E-state index in [9.17, 15) is 4.79 Å². The van der Waals surface area contributed by atoms with Gasteiger partial charge in [-0.05, 0) is 49.9 Å². The van der Waals surface area contributed by atoms with E-state index in [0.29, 0.717) is 6.54 Å². The second-order valence-electron chi connectivity index (χ2n) is 5.65. The van der Waals surface area contributed by atoms with Gasteiger partial charge in [0.25, 0.3) is 5.91 Å². The molecule has 0 aromatic heterocycles. The Kier molecular flexibility index (Phi) is 4.55. The minimum Gasteiger partial charge on any atom is -0.330 e. The number of benzene rings is 1. The zero-order valence-electron chi connectivity index (χ0n) is 12.5. The molecule has 0 bridgehead atoms. The van der Waals surface area contributed by atoms with Crippen molar-refractivity contribution in [1.29, 1.82) is 0 Å². The van der Waals surface area contributed by atoms with Crippen molar-refractivity contribution in [2.24, 2.45) is 22.7 Å². The zero-order valence-corrected chi connectivity index (χ0v) is 12.5. The van der Waals surface area contributed by atoms with Gasteiger partial charge in [0, 0.05) is 0 Å². The van der Waals surface area contributed by atoms with Gasteiger partial charge in [0.1, 0.15) is 0 Å². The molecule has 108 valence electrons. The summed E-state index contributed by atoms with van der Waals surface area (Å²) in [4.78, 5) is 12.6. The fraction of sp³-hybridized carbons (Fsp3) is 0.500. The van der Waals surface area contributed by atoms with Gasteiger partial charge in [-0.3, -0.25) is 4.79 Å². The highest BCUT2D eigenvalue weighted by atomic mass is 16.2. The standard InChI is InChI=1S/C16H23N3O/c1-11(2)15-14(8-5-9-17)16(20)19(18-15)13-7-4-6-12(3)10-13/h4,6-7,10-11,14H,5,8-9,17H2,1-3H3. The lowest BCUT2D eigenvalue weighted by Gasteiger charge is -2.15. The molecule has 0 saturated carbocycles. The number of amides is 1. The lowest BCUT2D eigenvalue weighted by Crippen LogP contribution is -2.29. The molecule has 2 N–H and O–H groups in total. The van der Waals surface area contributed by atoms with Crippen LogP contribution in [-0.2, 0) is 4.79 Å². The highest BCUT2D eigenvalue weighted by molar-refractivity contribution is 6.16. The van der Waals surface area contributed by atoms with Crippen LogP contribution in [0.4, 0.5) is 5.69 Å². The van der Waals surface area contributed by atoms with Crippen LogP contribution in [-0.4, -0.2) is 18.2 Å². The Morgan fingerprint density at radius 1 is 1.40 bits per heavy atom. The molecule has 1 aliphatic rings. The lowest BCUT2D eigenvalue weighted by molar-refractivity contribution is -0.119. The molecule has 0 spiro atoms. The Balaban J connectivity index is 2.29. The monoisotopic (exact) mass is 273 g/mol. The van der Waals surface area contributed by atoms with Crippen LogP contribution >= 0.6 is 0 Å². The Hall–Kier alpha value is -1.68. The molecule has 1 aliphatic heterocycles. The van der Waals surface area contributed by atoms with Crippen molar-refractivity contribution in [3.8, 4) is 0 Å².